The summed E-state index contributed by atoms with van der Waals surface area (Å²) in [6, 6.07) is 1.45. The van der Waals surface area contributed by atoms with Gasteiger partial charge < -0.3 is 10.1 Å². The van der Waals surface area contributed by atoms with Crippen LogP contribution in [0, 0.1) is 0 Å². The summed E-state index contributed by atoms with van der Waals surface area (Å²) < 4.78 is 5.30. The van der Waals surface area contributed by atoms with Crippen LogP contribution in [-0.2, 0) is 4.74 Å². The van der Waals surface area contributed by atoms with Crippen molar-refractivity contribution in [1.82, 2.24) is 10.3 Å². The maximum absolute atomic E-state index is 11.8. The topological polar surface area (TPSA) is 51.2 Å². The maximum Gasteiger partial charge on any atom is 0.252 e. The smallest absolute Gasteiger partial charge is 0.252 e. The van der Waals surface area contributed by atoms with Gasteiger partial charge in [0.15, 0.2) is 0 Å². The number of hydrogen-bond donors (Lipinski definition) is 1. The Labute approximate surface area is 117 Å². The maximum atomic E-state index is 11.8. The molecule has 0 radical (unpaired) electrons. The molecule has 0 atom stereocenters. The van der Waals surface area contributed by atoms with Crippen LogP contribution in [0.5, 0.6) is 0 Å². The molecule has 18 heavy (non-hydrogen) atoms. The lowest BCUT2D eigenvalue weighted by molar-refractivity contribution is 0.0941. The Morgan fingerprint density at radius 3 is 2.94 bits per heavy atom. The number of hydrogen-bond acceptors (Lipinski definition) is 3. The second kappa shape index (κ2) is 8.29. The van der Waals surface area contributed by atoms with Gasteiger partial charge in [-0.3, -0.25) is 4.79 Å². The molecule has 1 N–H and O–H groups in total. The first-order valence-electron chi connectivity index (χ1n) is 5.82. The predicted molar refractivity (Wildman–Crippen MR) is 72.3 cm³/mol. The lowest BCUT2D eigenvalue weighted by Gasteiger charge is -2.07. The van der Waals surface area contributed by atoms with Crippen LogP contribution in [0.2, 0.25) is 10.2 Å². The van der Waals surface area contributed by atoms with E-state index in [4.69, 9.17) is 27.9 Å². The van der Waals surface area contributed by atoms with E-state index in [0.717, 1.165) is 19.4 Å². The van der Waals surface area contributed by atoms with Crippen molar-refractivity contribution in [1.29, 1.82) is 0 Å². The van der Waals surface area contributed by atoms with Gasteiger partial charge in [0, 0.05) is 26.0 Å². The fourth-order valence-corrected chi connectivity index (χ4v) is 1.65. The number of nitrogens with one attached hydrogen (secondary N) is 1. The van der Waals surface area contributed by atoms with Crippen molar-refractivity contribution in [2.75, 3.05) is 19.8 Å². The van der Waals surface area contributed by atoms with E-state index in [2.05, 4.69) is 17.2 Å². The summed E-state index contributed by atoms with van der Waals surface area (Å²) in [4.78, 5) is 15.6. The molecule has 1 aromatic rings. The molecular formula is C12H16Cl2N2O2. The van der Waals surface area contributed by atoms with Crippen molar-refractivity contribution in [2.24, 2.45) is 0 Å². The Kier molecular flexibility index (Phi) is 7.01. The first-order valence-corrected chi connectivity index (χ1v) is 6.57. The van der Waals surface area contributed by atoms with Gasteiger partial charge in [0.1, 0.15) is 5.15 Å². The zero-order chi connectivity index (χ0) is 13.4. The van der Waals surface area contributed by atoms with E-state index < -0.39 is 0 Å². The first-order chi connectivity index (χ1) is 8.65. The van der Waals surface area contributed by atoms with Crippen LogP contribution in [0.25, 0.3) is 0 Å². The molecule has 0 aliphatic carbocycles. The quantitative estimate of drug-likeness (QED) is 0.620. The minimum atomic E-state index is -0.250. The Bertz CT molecular complexity index is 400. The monoisotopic (exact) mass is 290 g/mol. The summed E-state index contributed by atoms with van der Waals surface area (Å²) >= 11 is 11.6. The molecule has 0 aliphatic heterocycles. The highest BCUT2D eigenvalue weighted by molar-refractivity contribution is 6.35. The highest BCUT2D eigenvalue weighted by atomic mass is 35.5. The third kappa shape index (κ3) is 5.21. The molecule has 0 fully saturated rings. The van der Waals surface area contributed by atoms with Crippen LogP contribution in [0.3, 0.4) is 0 Å². The molecular weight excluding hydrogens is 275 g/mol. The number of halogens is 2. The lowest BCUT2D eigenvalue weighted by atomic mass is 10.2. The fraction of sp³-hybridized carbons (Fsp3) is 0.500. The Morgan fingerprint density at radius 2 is 2.22 bits per heavy atom. The Balaban J connectivity index is 2.34. The number of carbonyl (C=O) groups excluding carboxylic acids is 1. The molecule has 0 saturated carbocycles. The first kappa shape index (κ1) is 15.2. The lowest BCUT2D eigenvalue weighted by Crippen LogP contribution is -2.25. The van der Waals surface area contributed by atoms with Gasteiger partial charge in [0.2, 0.25) is 0 Å². The molecule has 0 saturated heterocycles. The minimum absolute atomic E-state index is 0.246. The van der Waals surface area contributed by atoms with E-state index in [0.29, 0.717) is 23.7 Å². The summed E-state index contributed by atoms with van der Waals surface area (Å²) in [5, 5.41) is 3.29. The standard InChI is InChI=1S/C12H16Cl2N2O2/c1-2-5-18-6-3-4-15-12(17)9-7-11(14)16-8-10(9)13/h7-8H,2-6H2,1H3,(H,15,17). The fourth-order valence-electron chi connectivity index (χ4n) is 1.30. The van der Waals surface area contributed by atoms with Crippen molar-refractivity contribution in [2.45, 2.75) is 19.8 Å². The molecule has 1 aromatic heterocycles. The summed E-state index contributed by atoms with van der Waals surface area (Å²) in [7, 11) is 0. The van der Waals surface area contributed by atoms with Gasteiger partial charge in [0.25, 0.3) is 5.91 Å². The van der Waals surface area contributed by atoms with Crippen LogP contribution in [0.4, 0.5) is 0 Å². The minimum Gasteiger partial charge on any atom is -0.381 e. The zero-order valence-corrected chi connectivity index (χ0v) is 11.7. The second-order valence-electron chi connectivity index (χ2n) is 3.71. The van der Waals surface area contributed by atoms with Crippen LogP contribution >= 0.6 is 23.2 Å². The van der Waals surface area contributed by atoms with Crippen molar-refractivity contribution < 1.29 is 9.53 Å². The van der Waals surface area contributed by atoms with Gasteiger partial charge >= 0.3 is 0 Å². The van der Waals surface area contributed by atoms with E-state index >= 15 is 0 Å². The number of ether oxygens (including phenoxy) is 1. The van der Waals surface area contributed by atoms with Gasteiger partial charge in [-0.2, -0.15) is 0 Å². The number of amides is 1. The number of pyridine rings is 1. The summed E-state index contributed by atoms with van der Waals surface area (Å²) in [5.74, 6) is -0.250. The van der Waals surface area contributed by atoms with Crippen LogP contribution in [0.1, 0.15) is 30.1 Å². The summed E-state index contributed by atoms with van der Waals surface area (Å²) in [5.41, 5.74) is 0.339. The van der Waals surface area contributed by atoms with Crippen molar-refractivity contribution in [3.8, 4) is 0 Å². The summed E-state index contributed by atoms with van der Waals surface area (Å²) in [6.07, 6.45) is 3.13. The molecule has 0 bridgehead atoms. The van der Waals surface area contributed by atoms with E-state index in [9.17, 15) is 4.79 Å². The van der Waals surface area contributed by atoms with Crippen molar-refractivity contribution in [3.05, 3.63) is 28.0 Å². The Morgan fingerprint density at radius 1 is 1.44 bits per heavy atom. The highest BCUT2D eigenvalue weighted by Crippen LogP contribution is 2.17. The van der Waals surface area contributed by atoms with E-state index in [-0.39, 0.29) is 11.1 Å². The van der Waals surface area contributed by atoms with Gasteiger partial charge in [-0.05, 0) is 18.9 Å². The molecule has 6 heteroatoms. The normalized spacial score (nSPS) is 10.4. The molecule has 0 aliphatic rings. The average Bonchev–Trinajstić information content (AvgIpc) is 2.36. The van der Waals surface area contributed by atoms with E-state index in [1.54, 1.807) is 0 Å². The molecule has 0 spiro atoms. The molecule has 100 valence electrons. The van der Waals surface area contributed by atoms with E-state index in [1.807, 2.05) is 0 Å². The average molecular weight is 291 g/mol. The van der Waals surface area contributed by atoms with Gasteiger partial charge in [-0.15, -0.1) is 0 Å². The SMILES string of the molecule is CCCOCCCNC(=O)c1cc(Cl)ncc1Cl. The van der Waals surface area contributed by atoms with Gasteiger partial charge in [-0.1, -0.05) is 30.1 Å². The molecule has 0 unspecified atom stereocenters. The van der Waals surface area contributed by atoms with Crippen LogP contribution in [-0.4, -0.2) is 30.6 Å². The number of carbonyl (C=O) groups is 1. The second-order valence-corrected chi connectivity index (χ2v) is 4.50. The largest absolute Gasteiger partial charge is 0.381 e. The molecule has 0 aromatic carbocycles. The molecule has 1 amide bonds. The zero-order valence-electron chi connectivity index (χ0n) is 10.2. The third-order valence-corrected chi connectivity index (χ3v) is 2.67. The number of aromatic nitrogens is 1. The Hall–Kier alpha value is -0.840. The predicted octanol–water partition coefficient (Wildman–Crippen LogP) is 2.93. The third-order valence-electron chi connectivity index (χ3n) is 2.17. The highest BCUT2D eigenvalue weighted by Gasteiger charge is 2.10. The van der Waals surface area contributed by atoms with E-state index in [1.165, 1.54) is 12.3 Å². The van der Waals surface area contributed by atoms with Gasteiger partial charge in [-0.25, -0.2) is 4.98 Å². The van der Waals surface area contributed by atoms with Crippen molar-refractivity contribution in [3.63, 3.8) is 0 Å². The van der Waals surface area contributed by atoms with Crippen LogP contribution in [0.15, 0.2) is 12.3 Å². The van der Waals surface area contributed by atoms with Gasteiger partial charge in [0.05, 0.1) is 10.6 Å². The molecule has 4 nitrogen and oxygen atoms in total. The van der Waals surface area contributed by atoms with Crippen molar-refractivity contribution >= 4 is 29.1 Å². The molecule has 1 heterocycles. The summed E-state index contributed by atoms with van der Waals surface area (Å²) in [6.45, 7) is 3.98. The number of rotatable bonds is 7. The van der Waals surface area contributed by atoms with Crippen LogP contribution < -0.4 is 5.32 Å². The molecule has 1 rings (SSSR count). The number of nitrogens with zero attached hydrogens (tertiary/aromatic N) is 1.